The van der Waals surface area contributed by atoms with Crippen LogP contribution in [0.1, 0.15) is 207 Å². The Bertz CT molecular complexity index is 461. The molecular weight excluding hydrogens is 525 g/mol. The van der Waals surface area contributed by atoms with E-state index in [4.69, 9.17) is 15.3 Å². The molecule has 0 heterocycles. The van der Waals surface area contributed by atoms with Crippen LogP contribution in [-0.4, -0.2) is 29.7 Å². The Morgan fingerprint density at radius 2 is 0.537 bits per heavy atom. The average molecular weight is 602 g/mol. The molecule has 0 aliphatic heterocycles. The zero-order valence-electron chi connectivity index (χ0n) is 28.7. The molecule has 4 nitrogen and oxygen atoms in total. The fourth-order valence-corrected chi connectivity index (χ4v) is 9.98. The van der Waals surface area contributed by atoms with Gasteiger partial charge >= 0.3 is 0 Å². The second kappa shape index (κ2) is 35.8. The van der Waals surface area contributed by atoms with Gasteiger partial charge in [-0.1, -0.05) is 168 Å². The van der Waals surface area contributed by atoms with Crippen LogP contribution >= 0.6 is 7.26 Å². The Morgan fingerprint density at radius 3 is 0.707 bits per heavy atom. The van der Waals surface area contributed by atoms with Gasteiger partial charge in [-0.2, -0.15) is 0 Å². The topological polar surface area (TPSA) is 66.2 Å². The fourth-order valence-electron chi connectivity index (χ4n) is 6.25. The molecule has 0 saturated carbocycles. The highest BCUT2D eigenvalue weighted by Crippen LogP contribution is 2.59. The standard InChI is InChI=1S/C36H76P.NO3/c1-5-9-11-13-15-17-19-21-23-25-27-29-31-33-35-37(7-3,8-4)36-34-32-30-28-26-24-22-20-18-16-14-12-10-6-2;2-1(3)4/h5-36H2,1-4H3;/q+1;-1. The Hall–Kier alpha value is -0.370. The number of hydrogen-bond acceptors (Lipinski definition) is 3. The summed E-state index contributed by atoms with van der Waals surface area (Å²) in [6.45, 7) is 9.66. The lowest BCUT2D eigenvalue weighted by atomic mass is 10.0. The highest BCUT2D eigenvalue weighted by atomic mass is 31.2. The van der Waals surface area contributed by atoms with Crippen LogP contribution in [0.5, 0.6) is 0 Å². The zero-order chi connectivity index (χ0) is 30.7. The summed E-state index contributed by atoms with van der Waals surface area (Å²) in [6.07, 6.45) is 47.8. The maximum absolute atomic E-state index is 8.25. The molecule has 0 radical (unpaired) electrons. The van der Waals surface area contributed by atoms with Crippen molar-refractivity contribution < 1.29 is 5.09 Å². The van der Waals surface area contributed by atoms with Crippen molar-refractivity contribution in [2.24, 2.45) is 0 Å². The van der Waals surface area contributed by atoms with Crippen molar-refractivity contribution >= 4 is 7.26 Å². The van der Waals surface area contributed by atoms with Crippen LogP contribution in [0.3, 0.4) is 0 Å². The van der Waals surface area contributed by atoms with Gasteiger partial charge in [-0.3, -0.25) is 0 Å². The van der Waals surface area contributed by atoms with E-state index >= 15 is 0 Å². The predicted molar refractivity (Wildman–Crippen MR) is 189 cm³/mol. The Labute approximate surface area is 259 Å². The average Bonchev–Trinajstić information content (AvgIpc) is 2.96. The quantitative estimate of drug-likeness (QED) is 0.0333. The molecule has 0 rings (SSSR count). The molecule has 0 spiro atoms. The highest BCUT2D eigenvalue weighted by molar-refractivity contribution is 7.75. The molecule has 0 N–H and O–H groups in total. The van der Waals surface area contributed by atoms with Crippen LogP contribution in [0.15, 0.2) is 0 Å². The summed E-state index contributed by atoms with van der Waals surface area (Å²) in [6, 6.07) is 0. The molecular formula is C36H76NO3P. The first-order valence-electron chi connectivity index (χ1n) is 18.6. The third kappa shape index (κ3) is 35.7. The monoisotopic (exact) mass is 602 g/mol. The third-order valence-electron chi connectivity index (χ3n) is 9.31. The van der Waals surface area contributed by atoms with Crippen molar-refractivity contribution in [2.45, 2.75) is 207 Å². The van der Waals surface area contributed by atoms with Crippen LogP contribution in [0.4, 0.5) is 0 Å². The molecule has 0 atom stereocenters. The summed E-state index contributed by atoms with van der Waals surface area (Å²) >= 11 is 0. The normalized spacial score (nSPS) is 11.4. The molecule has 41 heavy (non-hydrogen) atoms. The van der Waals surface area contributed by atoms with E-state index in [1.807, 2.05) is 0 Å². The Kier molecular flexibility index (Phi) is 37.4. The van der Waals surface area contributed by atoms with E-state index in [0.29, 0.717) is 0 Å². The van der Waals surface area contributed by atoms with Crippen LogP contribution in [0, 0.1) is 15.3 Å². The fraction of sp³-hybridized carbons (Fsp3) is 1.00. The van der Waals surface area contributed by atoms with Crippen molar-refractivity contribution in [1.82, 2.24) is 0 Å². The Balaban J connectivity index is 0. The van der Waals surface area contributed by atoms with Gasteiger partial charge in [0.25, 0.3) is 0 Å². The van der Waals surface area contributed by atoms with Crippen molar-refractivity contribution in [3.8, 4) is 0 Å². The molecule has 0 fully saturated rings. The molecule has 0 saturated heterocycles. The SMILES string of the molecule is CCCCCCCCCCCCCCCC[P+](CC)(CC)CCCCCCCCCCCCCCCC.O=[N+]([O-])[O-]. The van der Waals surface area contributed by atoms with Gasteiger partial charge in [0, 0.05) is 7.26 Å². The van der Waals surface area contributed by atoms with E-state index in [9.17, 15) is 0 Å². The minimum atomic E-state index is -1.75. The van der Waals surface area contributed by atoms with E-state index < -0.39 is 12.3 Å². The Morgan fingerprint density at radius 1 is 0.366 bits per heavy atom. The largest absolute Gasteiger partial charge is 0.356 e. The summed E-state index contributed by atoms with van der Waals surface area (Å²) in [7, 11) is -0.627. The van der Waals surface area contributed by atoms with Gasteiger partial charge in [0.2, 0.25) is 0 Å². The predicted octanol–water partition coefficient (Wildman–Crippen LogP) is 13.8. The molecule has 0 aromatic heterocycles. The molecule has 0 aliphatic rings. The molecule has 0 amide bonds. The molecule has 0 aromatic rings. The first-order chi connectivity index (χ1) is 20.0. The number of rotatable bonds is 32. The summed E-state index contributed by atoms with van der Waals surface area (Å²) < 4.78 is 0. The number of nitrogens with zero attached hydrogens (tertiary/aromatic N) is 1. The van der Waals surface area contributed by atoms with Crippen LogP contribution < -0.4 is 0 Å². The van der Waals surface area contributed by atoms with E-state index in [-0.39, 0.29) is 0 Å². The first kappa shape index (κ1) is 42.8. The van der Waals surface area contributed by atoms with Crippen molar-refractivity contribution in [3.05, 3.63) is 15.3 Å². The van der Waals surface area contributed by atoms with E-state index in [0.717, 1.165) is 0 Å². The van der Waals surface area contributed by atoms with Gasteiger partial charge in [-0.15, -0.1) is 0 Å². The molecule has 0 unspecified atom stereocenters. The smallest absolute Gasteiger partial charge is 0.0689 e. The molecule has 0 bridgehead atoms. The number of unbranched alkanes of at least 4 members (excludes halogenated alkanes) is 26. The lowest BCUT2D eigenvalue weighted by molar-refractivity contribution is -0.402. The van der Waals surface area contributed by atoms with E-state index in [2.05, 4.69) is 27.7 Å². The minimum Gasteiger partial charge on any atom is -0.356 e. The molecule has 0 aliphatic carbocycles. The van der Waals surface area contributed by atoms with Gasteiger partial charge in [-0.25, -0.2) is 0 Å². The molecule has 0 aromatic carbocycles. The van der Waals surface area contributed by atoms with Gasteiger partial charge in [0.15, 0.2) is 0 Å². The summed E-state index contributed by atoms with van der Waals surface area (Å²) in [5.41, 5.74) is 0. The second-order valence-corrected chi connectivity index (χ2v) is 17.7. The highest BCUT2D eigenvalue weighted by Gasteiger charge is 2.31. The maximum atomic E-state index is 8.25. The molecule has 248 valence electrons. The maximum Gasteiger partial charge on any atom is 0.0689 e. The van der Waals surface area contributed by atoms with Crippen molar-refractivity contribution in [3.63, 3.8) is 0 Å². The van der Waals surface area contributed by atoms with E-state index in [1.165, 1.54) is 192 Å². The van der Waals surface area contributed by atoms with Gasteiger partial charge in [0.05, 0.1) is 29.7 Å². The first-order valence-corrected chi connectivity index (χ1v) is 21.2. The second-order valence-electron chi connectivity index (χ2n) is 12.8. The molecule has 5 heteroatoms. The zero-order valence-corrected chi connectivity index (χ0v) is 29.6. The minimum absolute atomic E-state index is 0.627. The summed E-state index contributed by atoms with van der Waals surface area (Å²) in [4.78, 5) is 8.25. The summed E-state index contributed by atoms with van der Waals surface area (Å²) in [5, 5.41) is 14.8. The van der Waals surface area contributed by atoms with Gasteiger partial charge in [0.1, 0.15) is 0 Å². The van der Waals surface area contributed by atoms with Crippen molar-refractivity contribution in [2.75, 3.05) is 24.6 Å². The van der Waals surface area contributed by atoms with Crippen LogP contribution in [-0.2, 0) is 0 Å². The van der Waals surface area contributed by atoms with Gasteiger partial charge < -0.3 is 15.3 Å². The van der Waals surface area contributed by atoms with Crippen LogP contribution in [0.2, 0.25) is 0 Å². The lowest BCUT2D eigenvalue weighted by Crippen LogP contribution is -2.09. The van der Waals surface area contributed by atoms with Gasteiger partial charge in [-0.05, 0) is 39.5 Å². The van der Waals surface area contributed by atoms with Crippen LogP contribution in [0.25, 0.3) is 0 Å². The van der Waals surface area contributed by atoms with Crippen molar-refractivity contribution in [1.29, 1.82) is 0 Å². The third-order valence-corrected chi connectivity index (χ3v) is 14.5. The lowest BCUT2D eigenvalue weighted by Gasteiger charge is -2.25. The summed E-state index contributed by atoms with van der Waals surface area (Å²) in [5.74, 6) is 0. The number of hydrogen-bond donors (Lipinski definition) is 0. The van der Waals surface area contributed by atoms with E-state index in [1.54, 1.807) is 12.3 Å².